The molecule has 0 radical (unpaired) electrons. The van der Waals surface area contributed by atoms with Crippen molar-refractivity contribution in [2.75, 3.05) is 0 Å². The molecular weight excluding hydrogens is 216 g/mol. The monoisotopic (exact) mass is 220 g/mol. The van der Waals surface area contributed by atoms with Crippen LogP contribution in [0.3, 0.4) is 0 Å². The number of fused-ring (bicyclic) bond motifs is 1. The summed E-state index contributed by atoms with van der Waals surface area (Å²) in [7, 11) is 0. The van der Waals surface area contributed by atoms with Gasteiger partial charge in [0.1, 0.15) is 0 Å². The summed E-state index contributed by atoms with van der Waals surface area (Å²) < 4.78 is 0. The summed E-state index contributed by atoms with van der Waals surface area (Å²) in [6.07, 6.45) is 1.72. The second kappa shape index (κ2) is 3.84. The molecule has 68 valence electrons. The van der Waals surface area contributed by atoms with E-state index < -0.39 is 0 Å². The molecule has 0 bridgehead atoms. The van der Waals surface area contributed by atoms with Gasteiger partial charge in [0, 0.05) is 22.0 Å². The van der Waals surface area contributed by atoms with E-state index in [4.69, 9.17) is 11.6 Å². The standard InChI is InChI=1S/C10H5ClN2S/c11-9-3-1-2-7-5-12-10(13-6-14)4-8(7)9/h1-5H. The van der Waals surface area contributed by atoms with Crippen molar-refractivity contribution in [1.29, 1.82) is 0 Å². The number of aliphatic imine (C=N–C) groups is 1. The van der Waals surface area contributed by atoms with Gasteiger partial charge in [0.25, 0.3) is 0 Å². The van der Waals surface area contributed by atoms with E-state index in [1.54, 1.807) is 12.3 Å². The van der Waals surface area contributed by atoms with Gasteiger partial charge in [-0.15, -0.1) is 0 Å². The van der Waals surface area contributed by atoms with Crippen LogP contribution in [0.1, 0.15) is 0 Å². The van der Waals surface area contributed by atoms with E-state index in [1.807, 2.05) is 18.2 Å². The maximum absolute atomic E-state index is 6.01. The lowest BCUT2D eigenvalue weighted by Gasteiger charge is -1.99. The smallest absolute Gasteiger partial charge is 0.163 e. The number of aromatic nitrogens is 1. The van der Waals surface area contributed by atoms with E-state index in [0.29, 0.717) is 10.8 Å². The summed E-state index contributed by atoms with van der Waals surface area (Å²) in [5.74, 6) is 0.528. The van der Waals surface area contributed by atoms with Crippen LogP contribution >= 0.6 is 23.8 Å². The van der Waals surface area contributed by atoms with Crippen molar-refractivity contribution in [1.82, 2.24) is 4.98 Å². The Kier molecular flexibility index (Phi) is 2.55. The van der Waals surface area contributed by atoms with Crippen LogP contribution in [0.4, 0.5) is 5.82 Å². The van der Waals surface area contributed by atoms with Crippen LogP contribution < -0.4 is 0 Å². The van der Waals surface area contributed by atoms with Crippen LogP contribution in [0.5, 0.6) is 0 Å². The minimum atomic E-state index is 0.528. The summed E-state index contributed by atoms with van der Waals surface area (Å²) >= 11 is 10.5. The number of pyridine rings is 1. The fourth-order valence-electron chi connectivity index (χ4n) is 1.23. The molecule has 0 N–H and O–H groups in total. The lowest BCUT2D eigenvalue weighted by molar-refractivity contribution is 1.31. The minimum absolute atomic E-state index is 0.528. The Labute approximate surface area is 91.3 Å². The third-order valence-electron chi connectivity index (χ3n) is 1.86. The highest BCUT2D eigenvalue weighted by Crippen LogP contribution is 2.25. The van der Waals surface area contributed by atoms with Gasteiger partial charge in [-0.3, -0.25) is 0 Å². The van der Waals surface area contributed by atoms with Crippen molar-refractivity contribution in [3.63, 3.8) is 0 Å². The average molecular weight is 221 g/mol. The van der Waals surface area contributed by atoms with E-state index in [9.17, 15) is 0 Å². The summed E-state index contributed by atoms with van der Waals surface area (Å²) in [5.41, 5.74) is 0. The normalized spacial score (nSPS) is 9.79. The maximum atomic E-state index is 6.01. The maximum Gasteiger partial charge on any atom is 0.163 e. The summed E-state index contributed by atoms with van der Waals surface area (Å²) in [5, 5.41) is 4.87. The molecule has 1 aromatic carbocycles. The van der Waals surface area contributed by atoms with Crippen molar-refractivity contribution in [3.8, 4) is 0 Å². The Morgan fingerprint density at radius 2 is 2.29 bits per heavy atom. The number of halogens is 1. The molecule has 2 rings (SSSR count). The second-order valence-corrected chi connectivity index (χ2v) is 3.30. The zero-order chi connectivity index (χ0) is 9.97. The van der Waals surface area contributed by atoms with Crippen LogP contribution in [0, 0.1) is 0 Å². The number of thiocarbonyl (C=S) groups is 1. The largest absolute Gasteiger partial charge is 0.236 e. The predicted molar refractivity (Wildman–Crippen MR) is 61.4 cm³/mol. The number of isothiocyanates is 1. The SMILES string of the molecule is S=C=Nc1cc2c(Cl)cccc2cn1. The third-order valence-corrected chi connectivity index (χ3v) is 2.28. The van der Waals surface area contributed by atoms with Crippen LogP contribution in [0.2, 0.25) is 5.02 Å². The third kappa shape index (κ3) is 1.66. The first kappa shape index (κ1) is 9.28. The van der Waals surface area contributed by atoms with Gasteiger partial charge in [0.2, 0.25) is 0 Å². The average Bonchev–Trinajstić information content (AvgIpc) is 2.20. The Hall–Kier alpha value is -1.28. The molecular formula is C10H5ClN2S. The van der Waals surface area contributed by atoms with Gasteiger partial charge in [-0.1, -0.05) is 23.7 Å². The summed E-state index contributed by atoms with van der Waals surface area (Å²) in [6.45, 7) is 0. The van der Waals surface area contributed by atoms with E-state index in [0.717, 1.165) is 10.8 Å². The van der Waals surface area contributed by atoms with Crippen LogP contribution in [-0.2, 0) is 0 Å². The van der Waals surface area contributed by atoms with E-state index in [-0.39, 0.29) is 0 Å². The molecule has 0 fully saturated rings. The summed E-state index contributed by atoms with van der Waals surface area (Å²) in [4.78, 5) is 7.88. The highest BCUT2D eigenvalue weighted by molar-refractivity contribution is 7.78. The Balaban J connectivity index is 2.75. The molecule has 4 heteroatoms. The zero-order valence-electron chi connectivity index (χ0n) is 7.07. The Morgan fingerprint density at radius 1 is 1.43 bits per heavy atom. The van der Waals surface area contributed by atoms with Crippen molar-refractivity contribution >= 4 is 45.6 Å². The second-order valence-electron chi connectivity index (χ2n) is 2.71. The number of hydrogen-bond donors (Lipinski definition) is 0. The van der Waals surface area contributed by atoms with Crippen molar-refractivity contribution in [2.45, 2.75) is 0 Å². The first-order chi connectivity index (χ1) is 6.81. The molecule has 0 saturated heterocycles. The molecule has 1 aromatic heterocycles. The number of benzene rings is 1. The van der Waals surface area contributed by atoms with E-state index in [2.05, 4.69) is 27.4 Å². The van der Waals surface area contributed by atoms with Crippen LogP contribution in [0.25, 0.3) is 10.8 Å². The molecule has 0 aliphatic rings. The first-order valence-electron chi connectivity index (χ1n) is 3.93. The minimum Gasteiger partial charge on any atom is -0.236 e. The van der Waals surface area contributed by atoms with Crippen molar-refractivity contribution in [3.05, 3.63) is 35.5 Å². The molecule has 0 aliphatic carbocycles. The van der Waals surface area contributed by atoms with E-state index >= 15 is 0 Å². The Morgan fingerprint density at radius 3 is 3.07 bits per heavy atom. The molecule has 14 heavy (non-hydrogen) atoms. The quantitative estimate of drug-likeness (QED) is 0.542. The fraction of sp³-hybridized carbons (Fsp3) is 0. The molecule has 2 nitrogen and oxygen atoms in total. The van der Waals surface area contributed by atoms with Gasteiger partial charge in [-0.2, -0.15) is 4.99 Å². The molecule has 2 aromatic rings. The fourth-order valence-corrected chi connectivity index (χ4v) is 1.56. The van der Waals surface area contributed by atoms with E-state index in [1.165, 1.54) is 0 Å². The summed E-state index contributed by atoms with van der Waals surface area (Å²) in [6, 6.07) is 7.44. The lowest BCUT2D eigenvalue weighted by atomic mass is 10.2. The molecule has 0 atom stereocenters. The van der Waals surface area contributed by atoms with Gasteiger partial charge < -0.3 is 0 Å². The molecule has 0 amide bonds. The number of nitrogens with zero attached hydrogens (tertiary/aromatic N) is 2. The predicted octanol–water partition coefficient (Wildman–Crippen LogP) is 3.62. The highest BCUT2D eigenvalue weighted by Gasteiger charge is 1.99. The highest BCUT2D eigenvalue weighted by atomic mass is 35.5. The van der Waals surface area contributed by atoms with Gasteiger partial charge in [0.05, 0.1) is 5.16 Å². The van der Waals surface area contributed by atoms with Crippen LogP contribution in [-0.4, -0.2) is 10.1 Å². The number of rotatable bonds is 1. The molecule has 0 spiro atoms. The van der Waals surface area contributed by atoms with Gasteiger partial charge in [-0.05, 0) is 24.4 Å². The van der Waals surface area contributed by atoms with Gasteiger partial charge >= 0.3 is 0 Å². The number of hydrogen-bond acceptors (Lipinski definition) is 3. The van der Waals surface area contributed by atoms with Gasteiger partial charge in [-0.25, -0.2) is 4.98 Å². The first-order valence-corrected chi connectivity index (χ1v) is 4.72. The Bertz CT molecular complexity index is 533. The molecule has 0 aliphatic heterocycles. The lowest BCUT2D eigenvalue weighted by Crippen LogP contribution is -1.77. The molecule has 1 heterocycles. The molecule has 0 unspecified atom stereocenters. The molecule has 0 saturated carbocycles. The van der Waals surface area contributed by atoms with Gasteiger partial charge in [0.15, 0.2) is 5.82 Å². The van der Waals surface area contributed by atoms with Crippen LogP contribution in [0.15, 0.2) is 35.5 Å². The van der Waals surface area contributed by atoms with Crippen molar-refractivity contribution in [2.24, 2.45) is 4.99 Å². The zero-order valence-corrected chi connectivity index (χ0v) is 8.64. The van der Waals surface area contributed by atoms with Crippen molar-refractivity contribution < 1.29 is 0 Å². The topological polar surface area (TPSA) is 25.2 Å².